The molecule has 0 saturated carbocycles. The van der Waals surface area contributed by atoms with Gasteiger partial charge in [0.05, 0.1) is 12.2 Å². The third-order valence-corrected chi connectivity index (χ3v) is 3.03. The van der Waals surface area contributed by atoms with Crippen molar-refractivity contribution >= 4 is 21.8 Å². The SMILES string of the molecule is CCOCCN(CC)C(=O)c1cc(Br)ccc1F. The highest BCUT2D eigenvalue weighted by Gasteiger charge is 2.18. The second-order valence-electron chi connectivity index (χ2n) is 3.71. The van der Waals surface area contributed by atoms with Gasteiger partial charge in [-0.2, -0.15) is 0 Å². The van der Waals surface area contributed by atoms with E-state index in [2.05, 4.69) is 15.9 Å². The number of carbonyl (C=O) groups excluding carboxylic acids is 1. The van der Waals surface area contributed by atoms with Crippen molar-refractivity contribution in [2.45, 2.75) is 13.8 Å². The second kappa shape index (κ2) is 7.48. The number of rotatable bonds is 6. The fraction of sp³-hybridized carbons (Fsp3) is 0.462. The van der Waals surface area contributed by atoms with Crippen molar-refractivity contribution in [3.05, 3.63) is 34.1 Å². The van der Waals surface area contributed by atoms with Crippen LogP contribution in [0.3, 0.4) is 0 Å². The van der Waals surface area contributed by atoms with E-state index in [-0.39, 0.29) is 11.5 Å². The van der Waals surface area contributed by atoms with Crippen LogP contribution in [-0.4, -0.2) is 37.1 Å². The highest BCUT2D eigenvalue weighted by Crippen LogP contribution is 2.17. The summed E-state index contributed by atoms with van der Waals surface area (Å²) in [5.74, 6) is -0.811. The van der Waals surface area contributed by atoms with Gasteiger partial charge in [0.2, 0.25) is 0 Å². The van der Waals surface area contributed by atoms with Gasteiger partial charge in [-0.05, 0) is 32.0 Å². The Morgan fingerprint density at radius 2 is 2.17 bits per heavy atom. The Labute approximate surface area is 115 Å². The molecule has 1 amide bonds. The number of amides is 1. The zero-order valence-electron chi connectivity index (χ0n) is 10.6. The molecule has 1 aromatic carbocycles. The molecule has 5 heteroatoms. The van der Waals surface area contributed by atoms with Crippen molar-refractivity contribution in [2.75, 3.05) is 26.3 Å². The summed E-state index contributed by atoms with van der Waals surface area (Å²) in [4.78, 5) is 13.7. The molecule has 0 aliphatic carbocycles. The molecule has 18 heavy (non-hydrogen) atoms. The van der Waals surface area contributed by atoms with Gasteiger partial charge < -0.3 is 9.64 Å². The summed E-state index contributed by atoms with van der Waals surface area (Å²) < 4.78 is 19.5. The minimum atomic E-state index is -0.502. The lowest BCUT2D eigenvalue weighted by Gasteiger charge is -2.21. The van der Waals surface area contributed by atoms with Gasteiger partial charge in [0, 0.05) is 24.2 Å². The van der Waals surface area contributed by atoms with Gasteiger partial charge >= 0.3 is 0 Å². The van der Waals surface area contributed by atoms with Crippen molar-refractivity contribution in [3.63, 3.8) is 0 Å². The maximum Gasteiger partial charge on any atom is 0.256 e. The molecule has 0 fully saturated rings. The number of hydrogen-bond donors (Lipinski definition) is 0. The number of benzene rings is 1. The molecule has 100 valence electrons. The third kappa shape index (κ3) is 4.07. The predicted octanol–water partition coefficient (Wildman–Crippen LogP) is 3.09. The Bertz CT molecular complexity index is 412. The molecule has 0 bridgehead atoms. The lowest BCUT2D eigenvalue weighted by molar-refractivity contribution is 0.0665. The standard InChI is InChI=1S/C13H17BrFNO2/c1-3-16(7-8-18-4-2)13(17)11-9-10(14)5-6-12(11)15/h5-6,9H,3-4,7-8H2,1-2H3. The van der Waals surface area contributed by atoms with Gasteiger partial charge in [0.1, 0.15) is 5.82 Å². The average molecular weight is 318 g/mol. The Balaban J connectivity index is 2.79. The number of ether oxygens (including phenoxy) is 1. The van der Waals surface area contributed by atoms with E-state index in [1.165, 1.54) is 12.1 Å². The zero-order valence-corrected chi connectivity index (χ0v) is 12.2. The quantitative estimate of drug-likeness (QED) is 0.755. The Morgan fingerprint density at radius 3 is 2.78 bits per heavy atom. The number of halogens is 2. The average Bonchev–Trinajstić information content (AvgIpc) is 2.37. The van der Waals surface area contributed by atoms with Crippen LogP contribution in [0, 0.1) is 5.82 Å². The van der Waals surface area contributed by atoms with E-state index in [0.29, 0.717) is 30.8 Å². The van der Waals surface area contributed by atoms with Crippen LogP contribution in [0.4, 0.5) is 4.39 Å². The molecule has 3 nitrogen and oxygen atoms in total. The van der Waals surface area contributed by atoms with Gasteiger partial charge in [-0.1, -0.05) is 15.9 Å². The summed E-state index contributed by atoms with van der Waals surface area (Å²) in [6.45, 7) is 5.82. The lowest BCUT2D eigenvalue weighted by Crippen LogP contribution is -2.34. The van der Waals surface area contributed by atoms with Gasteiger partial charge in [0.15, 0.2) is 0 Å². The van der Waals surface area contributed by atoms with Crippen LogP contribution in [-0.2, 0) is 4.74 Å². The summed E-state index contributed by atoms with van der Waals surface area (Å²) in [6.07, 6.45) is 0. The highest BCUT2D eigenvalue weighted by atomic mass is 79.9. The molecular weight excluding hydrogens is 301 g/mol. The van der Waals surface area contributed by atoms with Crippen molar-refractivity contribution in [1.82, 2.24) is 4.90 Å². The van der Waals surface area contributed by atoms with Crippen LogP contribution in [0.25, 0.3) is 0 Å². The van der Waals surface area contributed by atoms with E-state index in [9.17, 15) is 9.18 Å². The molecule has 0 saturated heterocycles. The smallest absolute Gasteiger partial charge is 0.256 e. The maximum atomic E-state index is 13.6. The fourth-order valence-corrected chi connectivity index (χ4v) is 1.92. The lowest BCUT2D eigenvalue weighted by atomic mass is 10.2. The van der Waals surface area contributed by atoms with E-state index in [1.807, 2.05) is 13.8 Å². The molecule has 0 aromatic heterocycles. The fourth-order valence-electron chi connectivity index (χ4n) is 1.55. The van der Waals surface area contributed by atoms with Crippen molar-refractivity contribution in [2.24, 2.45) is 0 Å². The van der Waals surface area contributed by atoms with Crippen LogP contribution in [0.2, 0.25) is 0 Å². The molecule has 0 unspecified atom stereocenters. The van der Waals surface area contributed by atoms with Crippen LogP contribution < -0.4 is 0 Å². The van der Waals surface area contributed by atoms with Crippen molar-refractivity contribution < 1.29 is 13.9 Å². The molecule has 0 radical (unpaired) electrons. The highest BCUT2D eigenvalue weighted by molar-refractivity contribution is 9.10. The first-order chi connectivity index (χ1) is 8.60. The number of carbonyl (C=O) groups is 1. The third-order valence-electron chi connectivity index (χ3n) is 2.54. The van der Waals surface area contributed by atoms with Crippen LogP contribution in [0.15, 0.2) is 22.7 Å². The Kier molecular flexibility index (Phi) is 6.29. The summed E-state index contributed by atoms with van der Waals surface area (Å²) in [6, 6.07) is 4.36. The van der Waals surface area contributed by atoms with Crippen molar-refractivity contribution in [1.29, 1.82) is 0 Å². The first kappa shape index (κ1) is 15.1. The second-order valence-corrected chi connectivity index (χ2v) is 4.62. The van der Waals surface area contributed by atoms with Crippen LogP contribution in [0.1, 0.15) is 24.2 Å². The van der Waals surface area contributed by atoms with E-state index >= 15 is 0 Å². The first-order valence-corrected chi connectivity index (χ1v) is 6.71. The summed E-state index contributed by atoms with van der Waals surface area (Å²) in [5.41, 5.74) is 0.0859. The topological polar surface area (TPSA) is 29.5 Å². The zero-order chi connectivity index (χ0) is 13.5. The number of likely N-dealkylation sites (N-methyl/N-ethyl adjacent to an activating group) is 1. The van der Waals surface area contributed by atoms with Crippen LogP contribution >= 0.6 is 15.9 Å². The first-order valence-electron chi connectivity index (χ1n) is 5.92. The van der Waals surface area contributed by atoms with Gasteiger partial charge in [0.25, 0.3) is 5.91 Å². The van der Waals surface area contributed by atoms with Gasteiger partial charge in [-0.3, -0.25) is 4.79 Å². The molecule has 0 N–H and O–H groups in total. The summed E-state index contributed by atoms with van der Waals surface area (Å²) >= 11 is 3.24. The molecule has 0 spiro atoms. The Morgan fingerprint density at radius 1 is 1.44 bits per heavy atom. The molecule has 0 atom stereocenters. The molecular formula is C13H17BrFNO2. The van der Waals surface area contributed by atoms with E-state index in [1.54, 1.807) is 11.0 Å². The minimum Gasteiger partial charge on any atom is -0.380 e. The van der Waals surface area contributed by atoms with E-state index < -0.39 is 5.82 Å². The largest absolute Gasteiger partial charge is 0.380 e. The predicted molar refractivity (Wildman–Crippen MR) is 72.2 cm³/mol. The summed E-state index contributed by atoms with van der Waals surface area (Å²) in [5, 5.41) is 0. The van der Waals surface area contributed by atoms with Gasteiger partial charge in [-0.25, -0.2) is 4.39 Å². The molecule has 1 rings (SSSR count). The molecule has 0 heterocycles. The molecule has 0 aliphatic heterocycles. The maximum absolute atomic E-state index is 13.6. The van der Waals surface area contributed by atoms with Crippen molar-refractivity contribution in [3.8, 4) is 0 Å². The normalized spacial score (nSPS) is 10.4. The number of nitrogens with zero attached hydrogens (tertiary/aromatic N) is 1. The molecule has 0 aliphatic rings. The molecule has 1 aromatic rings. The van der Waals surface area contributed by atoms with E-state index in [0.717, 1.165) is 0 Å². The minimum absolute atomic E-state index is 0.0859. The monoisotopic (exact) mass is 317 g/mol. The Hall–Kier alpha value is -0.940. The van der Waals surface area contributed by atoms with Gasteiger partial charge in [-0.15, -0.1) is 0 Å². The van der Waals surface area contributed by atoms with Crippen LogP contribution in [0.5, 0.6) is 0 Å². The summed E-state index contributed by atoms with van der Waals surface area (Å²) in [7, 11) is 0. The number of hydrogen-bond acceptors (Lipinski definition) is 2. The van der Waals surface area contributed by atoms with E-state index in [4.69, 9.17) is 4.74 Å².